The lowest BCUT2D eigenvalue weighted by molar-refractivity contribution is 0.0595. The van der Waals surface area contributed by atoms with E-state index in [0.29, 0.717) is 11.6 Å². The molecule has 2 atom stereocenters. The maximum Gasteiger partial charge on any atom is 0.287 e. The number of halogens is 2. The van der Waals surface area contributed by atoms with Crippen LogP contribution >= 0.6 is 11.6 Å². The van der Waals surface area contributed by atoms with Crippen LogP contribution in [0.2, 0.25) is 5.02 Å². The second kappa shape index (κ2) is 10.1. The Bertz CT molecular complexity index is 922. The van der Waals surface area contributed by atoms with Gasteiger partial charge >= 0.3 is 0 Å². The van der Waals surface area contributed by atoms with Crippen LogP contribution in [0.25, 0.3) is 0 Å². The third-order valence-electron chi connectivity index (χ3n) is 6.52. The number of nitrogens with one attached hydrogen (secondary N) is 1. The van der Waals surface area contributed by atoms with E-state index in [1.807, 2.05) is 12.1 Å². The first-order valence-electron chi connectivity index (χ1n) is 11.1. The molecule has 0 unspecified atom stereocenters. The number of nitrogens with zero attached hydrogens (tertiary/aromatic N) is 3. The molecule has 6 nitrogen and oxygen atoms in total. The zero-order valence-corrected chi connectivity index (χ0v) is 18.7. The maximum absolute atomic E-state index is 13.2. The molecule has 4 rings (SSSR count). The largest absolute Gasteiger partial charge is 0.382 e. The minimum Gasteiger partial charge on any atom is -0.382 e. The van der Waals surface area contributed by atoms with Crippen molar-refractivity contribution in [2.24, 2.45) is 5.92 Å². The summed E-state index contributed by atoms with van der Waals surface area (Å²) in [4.78, 5) is 15.2. The van der Waals surface area contributed by atoms with Crippen molar-refractivity contribution < 1.29 is 9.13 Å². The van der Waals surface area contributed by atoms with Crippen molar-refractivity contribution >= 4 is 17.3 Å². The van der Waals surface area contributed by atoms with Gasteiger partial charge < -0.3 is 10.1 Å². The average Bonchev–Trinajstić information content (AvgIpc) is 2.81. The first-order chi connectivity index (χ1) is 15.0. The molecule has 31 heavy (non-hydrogen) atoms. The Morgan fingerprint density at radius 1 is 1.26 bits per heavy atom. The highest BCUT2D eigenvalue weighted by atomic mass is 35.5. The first-order valence-corrected chi connectivity index (χ1v) is 11.5. The van der Waals surface area contributed by atoms with Crippen LogP contribution in [0.5, 0.6) is 0 Å². The SMILES string of the molecule is C[C@@H](c1ccc(F)cc1)N1CCC(n2ncc(NC[C@H]3CCCOC3)c(Cl)c2=O)CC1. The molecule has 1 aromatic carbocycles. The fourth-order valence-corrected chi connectivity index (χ4v) is 4.72. The summed E-state index contributed by atoms with van der Waals surface area (Å²) < 4.78 is 20.2. The van der Waals surface area contributed by atoms with Crippen LogP contribution in [-0.4, -0.2) is 47.5 Å². The molecule has 0 radical (unpaired) electrons. The number of aromatic nitrogens is 2. The number of anilines is 1. The van der Waals surface area contributed by atoms with E-state index in [2.05, 4.69) is 22.2 Å². The van der Waals surface area contributed by atoms with E-state index in [1.54, 1.807) is 6.20 Å². The standard InChI is InChI=1S/C23H30ClFN4O2/c1-16(18-4-6-19(25)7-5-18)28-10-8-20(9-11-28)29-23(30)22(24)21(14-27-29)26-13-17-3-2-12-31-15-17/h4-7,14,16-17,20,26H,2-3,8-13,15H2,1H3/t16-,17+/m0/s1. The average molecular weight is 449 g/mol. The van der Waals surface area contributed by atoms with Gasteiger partial charge in [0.2, 0.25) is 0 Å². The molecule has 2 aliphatic rings. The Labute approximate surface area is 187 Å². The molecule has 8 heteroatoms. The van der Waals surface area contributed by atoms with Gasteiger partial charge in [-0.1, -0.05) is 23.7 Å². The molecule has 3 heterocycles. The van der Waals surface area contributed by atoms with E-state index in [9.17, 15) is 9.18 Å². The monoisotopic (exact) mass is 448 g/mol. The van der Waals surface area contributed by atoms with Gasteiger partial charge in [-0.05, 0) is 56.2 Å². The Morgan fingerprint density at radius 3 is 2.68 bits per heavy atom. The highest BCUT2D eigenvalue weighted by molar-refractivity contribution is 6.32. The zero-order chi connectivity index (χ0) is 21.8. The van der Waals surface area contributed by atoms with E-state index >= 15 is 0 Å². The van der Waals surface area contributed by atoms with Gasteiger partial charge in [0.05, 0.1) is 24.5 Å². The van der Waals surface area contributed by atoms with Crippen molar-refractivity contribution in [3.63, 3.8) is 0 Å². The van der Waals surface area contributed by atoms with Gasteiger partial charge in [-0.15, -0.1) is 0 Å². The van der Waals surface area contributed by atoms with Crippen LogP contribution in [0, 0.1) is 11.7 Å². The molecule has 0 spiro atoms. The number of ether oxygens (including phenoxy) is 1. The topological polar surface area (TPSA) is 59.4 Å². The van der Waals surface area contributed by atoms with Crippen LogP contribution in [0.3, 0.4) is 0 Å². The quantitative estimate of drug-likeness (QED) is 0.715. The maximum atomic E-state index is 13.2. The molecule has 0 bridgehead atoms. The van der Waals surface area contributed by atoms with Crippen LogP contribution in [0.15, 0.2) is 35.3 Å². The highest BCUT2D eigenvalue weighted by Crippen LogP contribution is 2.29. The minimum absolute atomic E-state index is 0.0301. The summed E-state index contributed by atoms with van der Waals surface area (Å²) in [6, 6.07) is 6.90. The van der Waals surface area contributed by atoms with Crippen molar-refractivity contribution in [1.82, 2.24) is 14.7 Å². The van der Waals surface area contributed by atoms with Crippen molar-refractivity contribution in [3.8, 4) is 0 Å². The van der Waals surface area contributed by atoms with Gasteiger partial charge in [-0.2, -0.15) is 5.10 Å². The van der Waals surface area contributed by atoms with Crippen LogP contribution < -0.4 is 10.9 Å². The Kier molecular flexibility index (Phi) is 7.25. The van der Waals surface area contributed by atoms with E-state index in [-0.39, 0.29) is 28.5 Å². The molecule has 0 amide bonds. The van der Waals surface area contributed by atoms with Crippen molar-refractivity contribution in [2.45, 2.75) is 44.7 Å². The number of piperidine rings is 1. The summed E-state index contributed by atoms with van der Waals surface area (Å²) >= 11 is 6.40. The van der Waals surface area contributed by atoms with Gasteiger partial charge in [0.1, 0.15) is 10.8 Å². The second-order valence-electron chi connectivity index (χ2n) is 8.58. The van der Waals surface area contributed by atoms with Crippen molar-refractivity contribution in [1.29, 1.82) is 0 Å². The molecule has 2 aromatic rings. The highest BCUT2D eigenvalue weighted by Gasteiger charge is 2.26. The molecule has 168 valence electrons. The fourth-order valence-electron chi connectivity index (χ4n) is 4.52. The second-order valence-corrected chi connectivity index (χ2v) is 8.96. The lowest BCUT2D eigenvalue weighted by Crippen LogP contribution is -2.39. The molecule has 2 fully saturated rings. The third kappa shape index (κ3) is 5.27. The van der Waals surface area contributed by atoms with E-state index in [0.717, 1.165) is 64.1 Å². The molecule has 0 saturated carbocycles. The van der Waals surface area contributed by atoms with Gasteiger partial charge in [0, 0.05) is 32.3 Å². The smallest absolute Gasteiger partial charge is 0.287 e. The number of likely N-dealkylation sites (tertiary alicyclic amines) is 1. The molecule has 2 saturated heterocycles. The van der Waals surface area contributed by atoms with E-state index in [4.69, 9.17) is 16.3 Å². The molecular formula is C23H30ClFN4O2. The van der Waals surface area contributed by atoms with Gasteiger partial charge in [-0.3, -0.25) is 9.69 Å². The van der Waals surface area contributed by atoms with Gasteiger partial charge in [0.15, 0.2) is 0 Å². The lowest BCUT2D eigenvalue weighted by atomic mass is 10.00. The van der Waals surface area contributed by atoms with Crippen LogP contribution in [-0.2, 0) is 4.74 Å². The number of benzene rings is 1. The molecule has 1 aromatic heterocycles. The molecular weight excluding hydrogens is 419 g/mol. The lowest BCUT2D eigenvalue weighted by Gasteiger charge is -2.36. The first kappa shape index (κ1) is 22.2. The summed E-state index contributed by atoms with van der Waals surface area (Å²) in [5, 5.41) is 7.91. The molecule has 0 aliphatic carbocycles. The van der Waals surface area contributed by atoms with Crippen LogP contribution in [0.4, 0.5) is 10.1 Å². The van der Waals surface area contributed by atoms with Gasteiger partial charge in [-0.25, -0.2) is 9.07 Å². The zero-order valence-electron chi connectivity index (χ0n) is 17.9. The number of hydrogen-bond acceptors (Lipinski definition) is 5. The summed E-state index contributed by atoms with van der Waals surface area (Å²) in [7, 11) is 0. The number of rotatable bonds is 6. The number of hydrogen-bond donors (Lipinski definition) is 1. The minimum atomic E-state index is -0.239. The summed E-state index contributed by atoms with van der Waals surface area (Å²) in [5.41, 5.74) is 1.45. The Balaban J connectivity index is 1.36. The summed E-state index contributed by atoms with van der Waals surface area (Å²) in [5.74, 6) is 0.210. The predicted molar refractivity (Wildman–Crippen MR) is 120 cm³/mol. The van der Waals surface area contributed by atoms with Gasteiger partial charge in [0.25, 0.3) is 5.56 Å². The Morgan fingerprint density at radius 2 is 2.00 bits per heavy atom. The molecule has 1 N–H and O–H groups in total. The van der Waals surface area contributed by atoms with Crippen LogP contribution in [0.1, 0.15) is 50.3 Å². The normalized spacial score (nSPS) is 21.7. The van der Waals surface area contributed by atoms with Crippen molar-refractivity contribution in [2.75, 3.05) is 38.2 Å². The van der Waals surface area contributed by atoms with E-state index < -0.39 is 0 Å². The third-order valence-corrected chi connectivity index (χ3v) is 6.89. The van der Waals surface area contributed by atoms with E-state index in [1.165, 1.54) is 16.8 Å². The fraction of sp³-hybridized carbons (Fsp3) is 0.565. The summed E-state index contributed by atoms with van der Waals surface area (Å²) in [6.07, 6.45) is 5.49. The Hall–Kier alpha value is -1.96. The predicted octanol–water partition coefficient (Wildman–Crippen LogP) is 4.27. The summed E-state index contributed by atoms with van der Waals surface area (Å²) in [6.45, 7) is 6.12. The molecule has 2 aliphatic heterocycles. The van der Waals surface area contributed by atoms with Crippen molar-refractivity contribution in [3.05, 3.63) is 57.2 Å².